The highest BCUT2D eigenvalue weighted by atomic mass is 16.3. The van der Waals surface area contributed by atoms with Crippen LogP contribution in [0.5, 0.6) is 0 Å². The van der Waals surface area contributed by atoms with Gasteiger partial charge < -0.3 is 10.0 Å². The van der Waals surface area contributed by atoms with Crippen molar-refractivity contribution in [3.63, 3.8) is 0 Å². The summed E-state index contributed by atoms with van der Waals surface area (Å²) in [5, 5.41) is 17.7. The molecule has 1 saturated heterocycles. The van der Waals surface area contributed by atoms with Crippen LogP contribution >= 0.6 is 0 Å². The number of β-amino-alcohol motifs (C(OH)–C–C–N with tert-alkyl or cyclic N) is 1. The van der Waals surface area contributed by atoms with Gasteiger partial charge in [-0.2, -0.15) is 5.26 Å². The topological polar surface area (TPSA) is 67.6 Å². The molecule has 1 fully saturated rings. The van der Waals surface area contributed by atoms with E-state index in [0.29, 0.717) is 25.2 Å². The molecule has 1 heterocycles. The van der Waals surface area contributed by atoms with E-state index in [1.54, 1.807) is 35.3 Å². The molecule has 2 rings (SSSR count). The summed E-state index contributed by atoms with van der Waals surface area (Å²) in [6.07, 6.45) is 3.29. The average Bonchev–Trinajstić information content (AvgIpc) is 2.54. The summed E-state index contributed by atoms with van der Waals surface area (Å²) in [5.41, 5.74) is 1.43. The Morgan fingerprint density at radius 1 is 1.33 bits per heavy atom. The number of amides is 1. The van der Waals surface area contributed by atoms with E-state index in [1.807, 2.05) is 6.07 Å². The molecule has 1 aromatic rings. The summed E-state index contributed by atoms with van der Waals surface area (Å²) in [5.74, 6) is -0.0130. The minimum atomic E-state index is -0.0130. The Balaban J connectivity index is 1.90. The number of aliphatic hydroxyl groups excluding tert-OH is 1. The van der Waals surface area contributed by atoms with Gasteiger partial charge in [-0.3, -0.25) is 9.69 Å². The van der Waals surface area contributed by atoms with Gasteiger partial charge >= 0.3 is 0 Å². The van der Waals surface area contributed by atoms with Gasteiger partial charge in [0.2, 0.25) is 5.91 Å². The first-order valence-electron chi connectivity index (χ1n) is 7.03. The first-order valence-corrected chi connectivity index (χ1v) is 7.03. The molecular weight excluding hydrogens is 266 g/mol. The SMILES string of the molecule is N#Cc1cccc(C=CC(=O)N2CCN(CCO)CC2)c1. The lowest BCUT2D eigenvalue weighted by atomic mass is 10.1. The molecule has 1 aliphatic rings. The lowest BCUT2D eigenvalue weighted by Crippen LogP contribution is -2.48. The Morgan fingerprint density at radius 3 is 2.76 bits per heavy atom. The summed E-state index contributed by atoms with van der Waals surface area (Å²) >= 11 is 0. The molecule has 1 N–H and O–H groups in total. The van der Waals surface area contributed by atoms with Gasteiger partial charge in [0.05, 0.1) is 18.2 Å². The summed E-state index contributed by atoms with van der Waals surface area (Å²) < 4.78 is 0. The van der Waals surface area contributed by atoms with Crippen LogP contribution in [0.1, 0.15) is 11.1 Å². The number of nitrogens with zero attached hydrogens (tertiary/aromatic N) is 3. The van der Waals surface area contributed by atoms with Crippen LogP contribution in [0.25, 0.3) is 6.08 Å². The van der Waals surface area contributed by atoms with E-state index in [2.05, 4.69) is 11.0 Å². The molecule has 0 bridgehead atoms. The van der Waals surface area contributed by atoms with Crippen molar-refractivity contribution < 1.29 is 9.90 Å². The zero-order valence-corrected chi connectivity index (χ0v) is 11.9. The molecule has 21 heavy (non-hydrogen) atoms. The predicted octanol–water partition coefficient (Wildman–Crippen LogP) is 0.708. The minimum absolute atomic E-state index is 0.0130. The van der Waals surface area contributed by atoms with Crippen molar-refractivity contribution in [1.82, 2.24) is 9.80 Å². The third-order valence-corrected chi connectivity index (χ3v) is 3.53. The Hall–Kier alpha value is -2.16. The van der Waals surface area contributed by atoms with Crippen LogP contribution in [-0.4, -0.2) is 60.1 Å². The van der Waals surface area contributed by atoms with Crippen molar-refractivity contribution in [3.8, 4) is 6.07 Å². The third kappa shape index (κ3) is 4.42. The molecule has 0 aromatic heterocycles. The number of piperazine rings is 1. The predicted molar refractivity (Wildman–Crippen MR) is 80.3 cm³/mol. The van der Waals surface area contributed by atoms with Crippen molar-refractivity contribution >= 4 is 12.0 Å². The summed E-state index contributed by atoms with van der Waals surface area (Å²) in [7, 11) is 0. The fraction of sp³-hybridized carbons (Fsp3) is 0.375. The van der Waals surface area contributed by atoms with E-state index in [1.165, 1.54) is 0 Å². The number of nitriles is 1. The molecule has 5 heteroatoms. The molecular formula is C16H19N3O2. The van der Waals surface area contributed by atoms with Gasteiger partial charge in [-0.05, 0) is 23.8 Å². The van der Waals surface area contributed by atoms with E-state index in [4.69, 9.17) is 10.4 Å². The highest BCUT2D eigenvalue weighted by Gasteiger charge is 2.18. The smallest absolute Gasteiger partial charge is 0.246 e. The second-order valence-corrected chi connectivity index (χ2v) is 4.96. The molecule has 5 nitrogen and oxygen atoms in total. The minimum Gasteiger partial charge on any atom is -0.395 e. The lowest BCUT2D eigenvalue weighted by Gasteiger charge is -2.33. The maximum absolute atomic E-state index is 12.1. The normalized spacial score (nSPS) is 16.1. The molecule has 110 valence electrons. The van der Waals surface area contributed by atoms with Crippen molar-refractivity contribution in [2.75, 3.05) is 39.3 Å². The zero-order chi connectivity index (χ0) is 15.1. The number of hydrogen-bond acceptors (Lipinski definition) is 4. The molecule has 1 aromatic carbocycles. The van der Waals surface area contributed by atoms with Crippen LogP contribution in [0.2, 0.25) is 0 Å². The molecule has 1 amide bonds. The van der Waals surface area contributed by atoms with Crippen molar-refractivity contribution in [2.24, 2.45) is 0 Å². The number of carbonyl (C=O) groups is 1. The largest absolute Gasteiger partial charge is 0.395 e. The van der Waals surface area contributed by atoms with E-state index in [9.17, 15) is 4.79 Å². The van der Waals surface area contributed by atoms with Crippen molar-refractivity contribution in [3.05, 3.63) is 41.5 Å². The average molecular weight is 285 g/mol. The first-order chi connectivity index (χ1) is 10.2. The second-order valence-electron chi connectivity index (χ2n) is 4.96. The van der Waals surface area contributed by atoms with Crippen LogP contribution in [-0.2, 0) is 4.79 Å². The Bertz CT molecular complexity index is 555. The molecule has 0 aliphatic carbocycles. The van der Waals surface area contributed by atoms with Crippen molar-refractivity contribution in [1.29, 1.82) is 5.26 Å². The number of hydrogen-bond donors (Lipinski definition) is 1. The lowest BCUT2D eigenvalue weighted by molar-refractivity contribution is -0.127. The second kappa shape index (κ2) is 7.58. The van der Waals surface area contributed by atoms with Gasteiger partial charge in [0, 0.05) is 38.8 Å². The molecule has 1 aliphatic heterocycles. The summed E-state index contributed by atoms with van der Waals surface area (Å²) in [4.78, 5) is 16.0. The Labute approximate surface area is 124 Å². The summed E-state index contributed by atoms with van der Waals surface area (Å²) in [6.45, 7) is 3.78. The molecule has 0 saturated carbocycles. The third-order valence-electron chi connectivity index (χ3n) is 3.53. The van der Waals surface area contributed by atoms with Crippen molar-refractivity contribution in [2.45, 2.75) is 0 Å². The summed E-state index contributed by atoms with van der Waals surface area (Å²) in [6, 6.07) is 9.24. The quantitative estimate of drug-likeness (QED) is 0.827. The Kier molecular flexibility index (Phi) is 5.50. The number of benzene rings is 1. The fourth-order valence-corrected chi connectivity index (χ4v) is 2.32. The van der Waals surface area contributed by atoms with Crippen LogP contribution in [0, 0.1) is 11.3 Å². The van der Waals surface area contributed by atoms with Gasteiger partial charge in [0.25, 0.3) is 0 Å². The molecule has 0 radical (unpaired) electrons. The fourth-order valence-electron chi connectivity index (χ4n) is 2.32. The van der Waals surface area contributed by atoms with Gasteiger partial charge in [-0.1, -0.05) is 12.1 Å². The van der Waals surface area contributed by atoms with Crippen LogP contribution in [0.3, 0.4) is 0 Å². The number of rotatable bonds is 4. The van der Waals surface area contributed by atoms with Gasteiger partial charge in [-0.15, -0.1) is 0 Å². The first kappa shape index (κ1) is 15.2. The maximum atomic E-state index is 12.1. The maximum Gasteiger partial charge on any atom is 0.246 e. The molecule has 0 spiro atoms. The van der Waals surface area contributed by atoms with E-state index in [0.717, 1.165) is 18.7 Å². The standard InChI is InChI=1S/C16H19N3O2/c17-13-15-3-1-2-14(12-15)4-5-16(21)19-8-6-18(7-9-19)10-11-20/h1-5,12,20H,6-11H2. The van der Waals surface area contributed by atoms with Crippen LogP contribution < -0.4 is 0 Å². The monoisotopic (exact) mass is 285 g/mol. The van der Waals surface area contributed by atoms with E-state index in [-0.39, 0.29) is 12.5 Å². The number of carbonyl (C=O) groups excluding carboxylic acids is 1. The van der Waals surface area contributed by atoms with Gasteiger partial charge in [-0.25, -0.2) is 0 Å². The molecule has 0 atom stereocenters. The van der Waals surface area contributed by atoms with E-state index >= 15 is 0 Å². The van der Waals surface area contributed by atoms with Gasteiger partial charge in [0.1, 0.15) is 0 Å². The van der Waals surface area contributed by atoms with Crippen LogP contribution in [0.15, 0.2) is 30.3 Å². The zero-order valence-electron chi connectivity index (χ0n) is 11.9. The van der Waals surface area contributed by atoms with Gasteiger partial charge in [0.15, 0.2) is 0 Å². The number of aliphatic hydroxyl groups is 1. The van der Waals surface area contributed by atoms with Crippen LogP contribution in [0.4, 0.5) is 0 Å². The highest BCUT2D eigenvalue weighted by molar-refractivity contribution is 5.91. The Morgan fingerprint density at radius 2 is 2.10 bits per heavy atom. The molecule has 0 unspecified atom stereocenters. The van der Waals surface area contributed by atoms with E-state index < -0.39 is 0 Å². The highest BCUT2D eigenvalue weighted by Crippen LogP contribution is 2.08.